The fourth-order valence-corrected chi connectivity index (χ4v) is 0.946. The number of hydrogen-bond acceptors (Lipinski definition) is 4. The molecule has 0 aliphatic carbocycles. The normalized spacial score (nSPS) is 8.93. The molecule has 0 unspecified atom stereocenters. The van der Waals surface area contributed by atoms with Crippen molar-refractivity contribution in [2.45, 2.75) is 0 Å². The second-order valence-electron chi connectivity index (χ2n) is 2.50. The summed E-state index contributed by atoms with van der Waals surface area (Å²) in [6.45, 7) is 0.684. The minimum Gasteiger partial charge on any atom is -0.497 e. The molecule has 0 atom stereocenters. The molecule has 1 aromatic carbocycles. The Labute approximate surface area is 82.2 Å². The lowest BCUT2D eigenvalue weighted by Crippen LogP contribution is -2.00. The number of methoxy groups -OCH3 is 1. The maximum Gasteiger partial charge on any atom is 0.235 e. The fraction of sp³-hybridized carbons (Fsp3) is 0.300. The Bertz CT molecular complexity index is 332. The molecule has 1 rings (SSSR count). The summed E-state index contributed by atoms with van der Waals surface area (Å²) in [5, 5.41) is 0. The molecule has 0 aliphatic rings. The minimum absolute atomic E-state index is 0.320. The average molecular weight is 193 g/mol. The molecule has 1 aromatic rings. The second-order valence-corrected chi connectivity index (χ2v) is 2.50. The van der Waals surface area contributed by atoms with Crippen LogP contribution in [0.25, 0.3) is 0 Å². The first-order valence-corrected chi connectivity index (χ1v) is 4.17. The van der Waals surface area contributed by atoms with E-state index in [1.807, 2.05) is 18.2 Å². The Morgan fingerprint density at radius 3 is 2.93 bits per heavy atom. The van der Waals surface area contributed by atoms with Gasteiger partial charge in [-0.25, -0.2) is 9.79 Å². The monoisotopic (exact) mass is 193 g/mol. The highest BCUT2D eigenvalue weighted by Crippen LogP contribution is 2.18. The van der Waals surface area contributed by atoms with Gasteiger partial charge in [0.05, 0.1) is 13.7 Å². The van der Waals surface area contributed by atoms with Crippen LogP contribution in [0.15, 0.2) is 29.3 Å². The summed E-state index contributed by atoms with van der Waals surface area (Å²) >= 11 is 0. The summed E-state index contributed by atoms with van der Waals surface area (Å²) in [7, 11) is 1.59. The molecular formula is C10H11NO3. The van der Waals surface area contributed by atoms with E-state index < -0.39 is 0 Å². The van der Waals surface area contributed by atoms with Crippen LogP contribution < -0.4 is 9.47 Å². The van der Waals surface area contributed by atoms with Crippen molar-refractivity contribution in [3.8, 4) is 11.5 Å². The first-order chi connectivity index (χ1) is 6.86. The van der Waals surface area contributed by atoms with Gasteiger partial charge < -0.3 is 9.47 Å². The van der Waals surface area contributed by atoms with Gasteiger partial charge in [-0.05, 0) is 12.1 Å². The number of hydrogen-bond donors (Lipinski definition) is 0. The van der Waals surface area contributed by atoms with Crippen LogP contribution in [0.4, 0.5) is 0 Å². The molecule has 0 aliphatic heterocycles. The summed E-state index contributed by atoms with van der Waals surface area (Å²) < 4.78 is 10.3. The highest BCUT2D eigenvalue weighted by molar-refractivity contribution is 5.33. The summed E-state index contributed by atoms with van der Waals surface area (Å²) in [5.41, 5.74) is 0. The fourth-order valence-electron chi connectivity index (χ4n) is 0.946. The number of ether oxygens (including phenoxy) is 2. The van der Waals surface area contributed by atoms with Gasteiger partial charge in [0.15, 0.2) is 0 Å². The molecule has 0 spiro atoms. The van der Waals surface area contributed by atoms with Crippen LogP contribution >= 0.6 is 0 Å². The van der Waals surface area contributed by atoms with E-state index in [1.54, 1.807) is 13.2 Å². The van der Waals surface area contributed by atoms with Crippen molar-refractivity contribution in [2.75, 3.05) is 20.3 Å². The first-order valence-electron chi connectivity index (χ1n) is 4.17. The van der Waals surface area contributed by atoms with Gasteiger partial charge in [-0.15, -0.1) is 0 Å². The smallest absolute Gasteiger partial charge is 0.235 e. The molecule has 0 radical (unpaired) electrons. The second kappa shape index (κ2) is 5.78. The number of rotatable bonds is 5. The number of nitrogens with zero attached hydrogens (tertiary/aromatic N) is 1. The standard InChI is InChI=1S/C10H11NO3/c1-13-9-3-2-4-10(7-9)14-6-5-11-8-12/h2-4,7H,5-6H2,1H3. The van der Waals surface area contributed by atoms with Gasteiger partial charge in [0.1, 0.15) is 18.1 Å². The summed E-state index contributed by atoms with van der Waals surface area (Å²) in [6, 6.07) is 7.24. The molecular weight excluding hydrogens is 182 g/mol. The molecule has 0 saturated carbocycles. The van der Waals surface area contributed by atoms with Gasteiger partial charge in [-0.3, -0.25) is 0 Å². The van der Waals surface area contributed by atoms with E-state index in [-0.39, 0.29) is 0 Å². The van der Waals surface area contributed by atoms with Crippen LogP contribution in [0.1, 0.15) is 0 Å². The number of carbonyl (C=O) groups excluding carboxylic acids is 1. The highest BCUT2D eigenvalue weighted by Gasteiger charge is 1.95. The first kappa shape index (κ1) is 10.3. The van der Waals surface area contributed by atoms with Crippen molar-refractivity contribution in [1.82, 2.24) is 0 Å². The zero-order valence-corrected chi connectivity index (χ0v) is 7.90. The summed E-state index contributed by atoms with van der Waals surface area (Å²) in [4.78, 5) is 13.1. The third-order valence-electron chi connectivity index (χ3n) is 1.58. The van der Waals surface area contributed by atoms with E-state index in [1.165, 1.54) is 6.08 Å². The van der Waals surface area contributed by atoms with Gasteiger partial charge in [-0.2, -0.15) is 0 Å². The van der Waals surface area contributed by atoms with Gasteiger partial charge in [0.2, 0.25) is 6.08 Å². The average Bonchev–Trinajstić information content (AvgIpc) is 2.25. The Morgan fingerprint density at radius 1 is 1.43 bits per heavy atom. The Hall–Kier alpha value is -1.80. The van der Waals surface area contributed by atoms with Crippen molar-refractivity contribution in [1.29, 1.82) is 0 Å². The molecule has 0 saturated heterocycles. The lowest BCUT2D eigenvalue weighted by atomic mass is 10.3. The van der Waals surface area contributed by atoms with Crippen molar-refractivity contribution in [3.63, 3.8) is 0 Å². The van der Waals surface area contributed by atoms with E-state index in [4.69, 9.17) is 9.47 Å². The molecule has 4 nitrogen and oxygen atoms in total. The highest BCUT2D eigenvalue weighted by atomic mass is 16.5. The van der Waals surface area contributed by atoms with E-state index in [2.05, 4.69) is 4.99 Å². The largest absolute Gasteiger partial charge is 0.497 e. The zero-order valence-electron chi connectivity index (χ0n) is 7.90. The molecule has 14 heavy (non-hydrogen) atoms. The van der Waals surface area contributed by atoms with E-state index in [0.29, 0.717) is 18.9 Å². The molecule has 0 fully saturated rings. The van der Waals surface area contributed by atoms with Crippen molar-refractivity contribution in [2.24, 2.45) is 4.99 Å². The molecule has 4 heteroatoms. The SMILES string of the molecule is COc1cccc(OCCN=C=O)c1. The molecule has 0 bridgehead atoms. The number of aliphatic imine (C=N–C) groups is 1. The van der Waals surface area contributed by atoms with Crippen molar-refractivity contribution in [3.05, 3.63) is 24.3 Å². The summed E-state index contributed by atoms with van der Waals surface area (Å²) in [6.07, 6.45) is 1.45. The van der Waals surface area contributed by atoms with Gasteiger partial charge in [-0.1, -0.05) is 6.07 Å². The van der Waals surface area contributed by atoms with Gasteiger partial charge >= 0.3 is 0 Å². The quantitative estimate of drug-likeness (QED) is 0.403. The topological polar surface area (TPSA) is 47.9 Å². The Kier molecular flexibility index (Phi) is 4.24. The van der Waals surface area contributed by atoms with E-state index in [0.717, 1.165) is 5.75 Å². The van der Waals surface area contributed by atoms with Crippen LogP contribution in [-0.4, -0.2) is 26.3 Å². The Balaban J connectivity index is 2.45. The predicted octanol–water partition coefficient (Wildman–Crippen LogP) is 1.41. The molecule has 0 aromatic heterocycles. The molecule has 0 amide bonds. The molecule has 0 N–H and O–H groups in total. The number of benzene rings is 1. The van der Waals surface area contributed by atoms with Crippen LogP contribution in [0.3, 0.4) is 0 Å². The third kappa shape index (κ3) is 3.29. The van der Waals surface area contributed by atoms with E-state index in [9.17, 15) is 4.79 Å². The lowest BCUT2D eigenvalue weighted by molar-refractivity contribution is 0.325. The van der Waals surface area contributed by atoms with Crippen LogP contribution in [0.5, 0.6) is 11.5 Å². The lowest BCUT2D eigenvalue weighted by Gasteiger charge is -2.05. The zero-order chi connectivity index (χ0) is 10.2. The Morgan fingerprint density at radius 2 is 2.21 bits per heavy atom. The van der Waals surface area contributed by atoms with Crippen molar-refractivity contribution < 1.29 is 14.3 Å². The van der Waals surface area contributed by atoms with Gasteiger partial charge in [0, 0.05) is 6.07 Å². The van der Waals surface area contributed by atoms with Crippen LogP contribution in [0, 0.1) is 0 Å². The third-order valence-corrected chi connectivity index (χ3v) is 1.58. The van der Waals surface area contributed by atoms with E-state index >= 15 is 0 Å². The molecule has 0 heterocycles. The predicted molar refractivity (Wildman–Crippen MR) is 51.5 cm³/mol. The maximum atomic E-state index is 9.75. The molecule has 74 valence electrons. The maximum absolute atomic E-state index is 9.75. The van der Waals surface area contributed by atoms with Gasteiger partial charge in [0.25, 0.3) is 0 Å². The number of isocyanates is 1. The van der Waals surface area contributed by atoms with Crippen molar-refractivity contribution >= 4 is 6.08 Å². The van der Waals surface area contributed by atoms with Crippen LogP contribution in [0.2, 0.25) is 0 Å². The summed E-state index contributed by atoms with van der Waals surface area (Å²) in [5.74, 6) is 1.44. The van der Waals surface area contributed by atoms with Crippen LogP contribution in [-0.2, 0) is 4.79 Å². The minimum atomic E-state index is 0.320.